The van der Waals surface area contributed by atoms with E-state index in [0.29, 0.717) is 16.3 Å². The van der Waals surface area contributed by atoms with E-state index >= 15 is 0 Å². The maximum absolute atomic E-state index is 13.2. The van der Waals surface area contributed by atoms with E-state index in [1.165, 1.54) is 0 Å². The van der Waals surface area contributed by atoms with Gasteiger partial charge in [-0.05, 0) is 64.3 Å². The van der Waals surface area contributed by atoms with E-state index in [0.717, 1.165) is 38.6 Å². The van der Waals surface area contributed by atoms with Crippen LogP contribution < -0.4 is 5.32 Å². The second kappa shape index (κ2) is 8.36. The topological polar surface area (TPSA) is 42.0 Å². The molecule has 0 fully saturated rings. The number of amides is 1. The normalized spacial score (nSPS) is 10.9. The minimum atomic E-state index is -0.193. The van der Waals surface area contributed by atoms with Gasteiger partial charge in [0.05, 0.1) is 21.8 Å². The number of halogens is 2. The lowest BCUT2D eigenvalue weighted by atomic mass is 10.0. The fourth-order valence-electron chi connectivity index (χ4n) is 3.21. The molecule has 1 aromatic heterocycles. The van der Waals surface area contributed by atoms with Gasteiger partial charge in [-0.2, -0.15) is 0 Å². The largest absolute Gasteiger partial charge is 0.322 e. The zero-order valence-corrected chi connectivity index (χ0v) is 18.1. The molecule has 0 saturated carbocycles. The third-order valence-corrected chi connectivity index (χ3v) is 6.01. The highest BCUT2D eigenvalue weighted by Gasteiger charge is 2.15. The molecule has 0 unspecified atom stereocenters. The van der Waals surface area contributed by atoms with Crippen LogP contribution in [0.1, 0.15) is 22.8 Å². The van der Waals surface area contributed by atoms with Crippen molar-refractivity contribution in [2.24, 2.45) is 0 Å². The van der Waals surface area contributed by atoms with E-state index in [2.05, 4.69) is 34.2 Å². The summed E-state index contributed by atoms with van der Waals surface area (Å²) in [4.78, 5) is 18.0. The minimum Gasteiger partial charge on any atom is -0.322 e. The summed E-state index contributed by atoms with van der Waals surface area (Å²) in [5, 5.41) is 4.34. The Morgan fingerprint density at radius 1 is 1.03 bits per heavy atom. The van der Waals surface area contributed by atoms with Crippen LogP contribution >= 0.6 is 27.5 Å². The number of aryl methyl sites for hydroxylation is 1. The lowest BCUT2D eigenvalue weighted by molar-refractivity contribution is 0.102. The van der Waals surface area contributed by atoms with E-state index in [1.807, 2.05) is 60.7 Å². The van der Waals surface area contributed by atoms with Gasteiger partial charge in [-0.1, -0.05) is 54.9 Å². The molecule has 0 radical (unpaired) electrons. The number of hydrogen-bond acceptors (Lipinski definition) is 2. The Balaban J connectivity index is 1.83. The summed E-state index contributed by atoms with van der Waals surface area (Å²) in [7, 11) is 0. The van der Waals surface area contributed by atoms with Crippen molar-refractivity contribution in [3.63, 3.8) is 0 Å². The molecule has 3 aromatic carbocycles. The number of benzene rings is 3. The molecule has 1 heterocycles. The fourth-order valence-corrected chi connectivity index (χ4v) is 3.64. The summed E-state index contributed by atoms with van der Waals surface area (Å²) in [6, 6.07) is 23.2. The quantitative estimate of drug-likeness (QED) is 0.348. The van der Waals surface area contributed by atoms with Gasteiger partial charge in [0.25, 0.3) is 5.91 Å². The maximum atomic E-state index is 13.2. The molecule has 4 aromatic rings. The molecule has 0 spiro atoms. The fraction of sp³-hybridized carbons (Fsp3) is 0.0833. The Bertz CT molecular complexity index is 1210. The van der Waals surface area contributed by atoms with E-state index < -0.39 is 0 Å². The molecule has 0 saturated heterocycles. The van der Waals surface area contributed by atoms with E-state index in [1.54, 1.807) is 6.07 Å². The highest BCUT2D eigenvalue weighted by atomic mass is 79.9. The zero-order chi connectivity index (χ0) is 20.4. The van der Waals surface area contributed by atoms with Gasteiger partial charge in [0, 0.05) is 21.1 Å². The van der Waals surface area contributed by atoms with Crippen LogP contribution in [0, 0.1) is 0 Å². The van der Waals surface area contributed by atoms with Crippen LogP contribution in [0.5, 0.6) is 0 Å². The average Bonchev–Trinajstić information content (AvgIpc) is 2.75. The standard InChI is InChI=1S/C24H18BrClN2O/c1-2-15-8-11-22-18(12-15)19(14-23(28-22)16-6-4-3-5-7-16)24(29)27-17-9-10-20(25)21(26)13-17/h3-14H,2H2,1H3,(H,27,29). The highest BCUT2D eigenvalue weighted by Crippen LogP contribution is 2.28. The average molecular weight is 466 g/mol. The predicted octanol–water partition coefficient (Wildman–Crippen LogP) is 7.13. The second-order valence-corrected chi connectivity index (χ2v) is 7.97. The van der Waals surface area contributed by atoms with Crippen LogP contribution in [0.3, 0.4) is 0 Å². The van der Waals surface area contributed by atoms with Crippen molar-refractivity contribution in [1.82, 2.24) is 4.98 Å². The molecule has 0 aliphatic carbocycles. The summed E-state index contributed by atoms with van der Waals surface area (Å²) >= 11 is 9.55. The second-order valence-electron chi connectivity index (χ2n) is 6.71. The number of aromatic nitrogens is 1. The van der Waals surface area contributed by atoms with Crippen LogP contribution in [-0.2, 0) is 6.42 Å². The summed E-state index contributed by atoms with van der Waals surface area (Å²) < 4.78 is 0.783. The van der Waals surface area contributed by atoms with Gasteiger partial charge in [-0.25, -0.2) is 4.98 Å². The number of anilines is 1. The van der Waals surface area contributed by atoms with Crippen molar-refractivity contribution in [1.29, 1.82) is 0 Å². The van der Waals surface area contributed by atoms with Crippen molar-refractivity contribution in [2.45, 2.75) is 13.3 Å². The Kier molecular flexibility index (Phi) is 5.65. The van der Waals surface area contributed by atoms with E-state index in [-0.39, 0.29) is 5.91 Å². The SMILES string of the molecule is CCc1ccc2nc(-c3ccccc3)cc(C(=O)Nc3ccc(Br)c(Cl)c3)c2c1. The summed E-state index contributed by atoms with van der Waals surface area (Å²) in [6.07, 6.45) is 0.889. The lowest BCUT2D eigenvalue weighted by Crippen LogP contribution is -2.13. The first kappa shape index (κ1) is 19.6. The molecule has 5 heteroatoms. The van der Waals surface area contributed by atoms with Gasteiger partial charge in [0.2, 0.25) is 0 Å². The maximum Gasteiger partial charge on any atom is 0.256 e. The van der Waals surface area contributed by atoms with Crippen molar-refractivity contribution >= 4 is 50.0 Å². The van der Waals surface area contributed by atoms with Crippen LogP contribution in [0.4, 0.5) is 5.69 Å². The zero-order valence-electron chi connectivity index (χ0n) is 15.7. The molecule has 0 bridgehead atoms. The van der Waals surface area contributed by atoms with Gasteiger partial charge in [-0.3, -0.25) is 4.79 Å². The monoisotopic (exact) mass is 464 g/mol. The molecule has 1 N–H and O–H groups in total. The summed E-state index contributed by atoms with van der Waals surface area (Å²) in [6.45, 7) is 2.09. The first-order chi connectivity index (χ1) is 14.0. The van der Waals surface area contributed by atoms with Crippen LogP contribution in [-0.4, -0.2) is 10.9 Å². The van der Waals surface area contributed by atoms with E-state index in [4.69, 9.17) is 16.6 Å². The van der Waals surface area contributed by atoms with Gasteiger partial charge < -0.3 is 5.32 Å². The van der Waals surface area contributed by atoms with Crippen LogP contribution in [0.15, 0.2) is 77.3 Å². The summed E-state index contributed by atoms with van der Waals surface area (Å²) in [5.41, 5.74) is 4.91. The third-order valence-electron chi connectivity index (χ3n) is 4.77. The molecule has 0 aliphatic heterocycles. The Hall–Kier alpha value is -2.69. The van der Waals surface area contributed by atoms with Crippen molar-refractivity contribution in [3.8, 4) is 11.3 Å². The number of hydrogen-bond donors (Lipinski definition) is 1. The first-order valence-corrected chi connectivity index (χ1v) is 10.5. The Labute approximate surface area is 182 Å². The molecule has 144 valence electrons. The van der Waals surface area contributed by atoms with Gasteiger partial charge in [-0.15, -0.1) is 0 Å². The number of nitrogens with zero attached hydrogens (tertiary/aromatic N) is 1. The molecule has 1 amide bonds. The number of carbonyl (C=O) groups excluding carboxylic acids is 1. The van der Waals surface area contributed by atoms with Crippen LogP contribution in [0.2, 0.25) is 5.02 Å². The molecular weight excluding hydrogens is 448 g/mol. The number of carbonyl (C=O) groups is 1. The number of pyridine rings is 1. The van der Waals surface area contributed by atoms with Crippen molar-refractivity contribution < 1.29 is 4.79 Å². The molecule has 29 heavy (non-hydrogen) atoms. The number of fused-ring (bicyclic) bond motifs is 1. The lowest BCUT2D eigenvalue weighted by Gasteiger charge is -2.12. The van der Waals surface area contributed by atoms with Crippen LogP contribution in [0.25, 0.3) is 22.2 Å². The molecule has 0 atom stereocenters. The van der Waals surface area contributed by atoms with Crippen molar-refractivity contribution in [2.75, 3.05) is 5.32 Å². The summed E-state index contributed by atoms with van der Waals surface area (Å²) in [5.74, 6) is -0.193. The van der Waals surface area contributed by atoms with E-state index in [9.17, 15) is 4.79 Å². The van der Waals surface area contributed by atoms with Gasteiger partial charge >= 0.3 is 0 Å². The van der Waals surface area contributed by atoms with Gasteiger partial charge in [0.1, 0.15) is 0 Å². The van der Waals surface area contributed by atoms with Crippen molar-refractivity contribution in [3.05, 3.63) is 93.4 Å². The molecule has 0 aliphatic rings. The third kappa shape index (κ3) is 4.19. The highest BCUT2D eigenvalue weighted by molar-refractivity contribution is 9.10. The smallest absolute Gasteiger partial charge is 0.256 e. The molecule has 3 nitrogen and oxygen atoms in total. The first-order valence-electron chi connectivity index (χ1n) is 9.30. The Morgan fingerprint density at radius 2 is 1.83 bits per heavy atom. The molecule has 4 rings (SSSR count). The number of nitrogens with one attached hydrogen (secondary N) is 1. The number of rotatable bonds is 4. The Morgan fingerprint density at radius 3 is 2.55 bits per heavy atom. The van der Waals surface area contributed by atoms with Gasteiger partial charge in [0.15, 0.2) is 0 Å². The minimum absolute atomic E-state index is 0.193. The molecular formula is C24H18BrClN2O. The predicted molar refractivity (Wildman–Crippen MR) is 124 cm³/mol.